The quantitative estimate of drug-likeness (QED) is 0.739. The van der Waals surface area contributed by atoms with Crippen molar-refractivity contribution in [2.75, 3.05) is 38.2 Å². The smallest absolute Gasteiger partial charge is 0.159 e. The molecule has 0 bridgehead atoms. The molecule has 8 heteroatoms. The zero-order valence-corrected chi connectivity index (χ0v) is 15.4. The van der Waals surface area contributed by atoms with Gasteiger partial charge in [-0.2, -0.15) is 0 Å². The fourth-order valence-electron chi connectivity index (χ4n) is 3.39. The topological polar surface area (TPSA) is 50.3 Å². The molecule has 3 aromatic rings. The molecule has 5 nitrogen and oxygen atoms in total. The monoisotopic (exact) mass is 390 g/mol. The van der Waals surface area contributed by atoms with Gasteiger partial charge in [0.25, 0.3) is 0 Å². The summed E-state index contributed by atoms with van der Waals surface area (Å²) in [6.07, 6.45) is 1.32. The van der Waals surface area contributed by atoms with E-state index < -0.39 is 11.6 Å². The Bertz CT molecular complexity index is 1010. The Hall–Kier alpha value is -2.51. The number of methoxy groups -OCH3 is 1. The van der Waals surface area contributed by atoms with Crippen molar-refractivity contribution in [2.24, 2.45) is 0 Å². The second-order valence-electron chi connectivity index (χ2n) is 6.19. The number of fused-ring (bicyclic) bond motifs is 1. The van der Waals surface area contributed by atoms with Crippen molar-refractivity contribution in [3.05, 3.63) is 47.2 Å². The number of rotatable bonds is 3. The summed E-state index contributed by atoms with van der Waals surface area (Å²) in [5.41, 5.74) is 0.0130. The summed E-state index contributed by atoms with van der Waals surface area (Å²) >= 11 is 6.41. The van der Waals surface area contributed by atoms with E-state index in [1.807, 2.05) is 0 Å². The van der Waals surface area contributed by atoms with Crippen LogP contribution in [0.2, 0.25) is 5.02 Å². The van der Waals surface area contributed by atoms with Crippen LogP contribution in [0.4, 0.5) is 14.6 Å². The van der Waals surface area contributed by atoms with E-state index >= 15 is 4.39 Å². The molecule has 1 aromatic heterocycles. The average molecular weight is 391 g/mol. The highest BCUT2D eigenvalue weighted by Gasteiger charge is 2.24. The molecule has 1 fully saturated rings. The minimum absolute atomic E-state index is 0.0215. The molecular weight excluding hydrogens is 374 g/mol. The van der Waals surface area contributed by atoms with E-state index in [1.165, 1.54) is 25.6 Å². The van der Waals surface area contributed by atoms with E-state index in [1.54, 1.807) is 12.1 Å². The van der Waals surface area contributed by atoms with Gasteiger partial charge in [0.05, 0.1) is 17.7 Å². The molecule has 1 aliphatic rings. The average Bonchev–Trinajstić information content (AvgIpc) is 2.69. The number of nitrogens with zero attached hydrogens (tertiary/aromatic N) is 3. The van der Waals surface area contributed by atoms with Crippen LogP contribution in [0, 0.1) is 11.6 Å². The lowest BCUT2D eigenvalue weighted by molar-refractivity contribution is 0.413. The maximum absolute atomic E-state index is 15.4. The lowest BCUT2D eigenvalue weighted by Crippen LogP contribution is -2.44. The molecule has 0 radical (unpaired) electrons. The van der Waals surface area contributed by atoms with E-state index in [-0.39, 0.29) is 27.4 Å². The van der Waals surface area contributed by atoms with E-state index in [0.717, 1.165) is 26.2 Å². The largest absolute Gasteiger partial charge is 0.496 e. The number of halogens is 3. The number of hydrogen-bond donors (Lipinski definition) is 1. The van der Waals surface area contributed by atoms with Gasteiger partial charge in [-0.25, -0.2) is 18.7 Å². The van der Waals surface area contributed by atoms with Crippen LogP contribution in [0.15, 0.2) is 30.6 Å². The zero-order chi connectivity index (χ0) is 19.0. The Morgan fingerprint density at radius 1 is 1.15 bits per heavy atom. The maximum atomic E-state index is 15.4. The van der Waals surface area contributed by atoms with Crippen molar-refractivity contribution in [3.63, 3.8) is 0 Å². The Balaban J connectivity index is 1.96. The molecule has 0 amide bonds. The highest BCUT2D eigenvalue weighted by Crippen LogP contribution is 2.42. The number of benzene rings is 2. The van der Waals surface area contributed by atoms with Crippen LogP contribution < -0.4 is 15.0 Å². The number of aromatic nitrogens is 2. The van der Waals surface area contributed by atoms with E-state index in [0.29, 0.717) is 11.2 Å². The second kappa shape index (κ2) is 7.25. The van der Waals surface area contributed by atoms with Gasteiger partial charge < -0.3 is 15.0 Å². The highest BCUT2D eigenvalue weighted by atomic mass is 35.5. The first-order valence-electron chi connectivity index (χ1n) is 8.53. The molecule has 27 heavy (non-hydrogen) atoms. The van der Waals surface area contributed by atoms with Gasteiger partial charge in [-0.1, -0.05) is 17.7 Å². The Labute approximate surface area is 159 Å². The molecule has 1 N–H and O–H groups in total. The summed E-state index contributed by atoms with van der Waals surface area (Å²) in [5.74, 6) is -0.494. The van der Waals surface area contributed by atoms with Crippen molar-refractivity contribution in [2.45, 2.75) is 0 Å². The van der Waals surface area contributed by atoms with Crippen molar-refractivity contribution >= 4 is 28.3 Å². The number of piperazine rings is 1. The first-order valence-corrected chi connectivity index (χ1v) is 8.91. The molecule has 2 heterocycles. The van der Waals surface area contributed by atoms with Crippen LogP contribution in [0.25, 0.3) is 22.0 Å². The molecule has 1 saturated heterocycles. The van der Waals surface area contributed by atoms with Crippen molar-refractivity contribution in [1.29, 1.82) is 0 Å². The third-order valence-electron chi connectivity index (χ3n) is 4.66. The number of hydrogen-bond acceptors (Lipinski definition) is 5. The van der Waals surface area contributed by atoms with E-state index in [9.17, 15) is 4.39 Å². The van der Waals surface area contributed by atoms with Crippen LogP contribution >= 0.6 is 11.6 Å². The Morgan fingerprint density at radius 3 is 2.67 bits per heavy atom. The minimum Gasteiger partial charge on any atom is -0.496 e. The van der Waals surface area contributed by atoms with Crippen molar-refractivity contribution in [1.82, 2.24) is 15.3 Å². The maximum Gasteiger partial charge on any atom is 0.159 e. The minimum atomic E-state index is -0.695. The summed E-state index contributed by atoms with van der Waals surface area (Å²) < 4.78 is 35.1. The third-order valence-corrected chi connectivity index (χ3v) is 4.96. The van der Waals surface area contributed by atoms with Crippen LogP contribution in [0.5, 0.6) is 5.75 Å². The Kier molecular flexibility index (Phi) is 4.80. The van der Waals surface area contributed by atoms with Gasteiger partial charge in [0, 0.05) is 37.1 Å². The van der Waals surface area contributed by atoms with E-state index in [2.05, 4.69) is 20.2 Å². The second-order valence-corrected chi connectivity index (χ2v) is 6.60. The predicted octanol–water partition coefficient (Wildman–Crippen LogP) is 3.65. The third kappa shape index (κ3) is 3.07. The van der Waals surface area contributed by atoms with Crippen molar-refractivity contribution in [3.8, 4) is 16.9 Å². The van der Waals surface area contributed by atoms with Gasteiger partial charge in [-0.15, -0.1) is 0 Å². The predicted molar refractivity (Wildman–Crippen MR) is 102 cm³/mol. The van der Waals surface area contributed by atoms with Gasteiger partial charge in [-0.05, 0) is 18.2 Å². The summed E-state index contributed by atoms with van der Waals surface area (Å²) in [7, 11) is 1.40. The summed E-state index contributed by atoms with van der Waals surface area (Å²) in [6, 6.07) is 5.89. The molecular formula is C19H17ClF2N4O. The molecule has 140 valence electrons. The first-order chi connectivity index (χ1) is 13.1. The molecule has 0 unspecified atom stereocenters. The fraction of sp³-hybridized carbons (Fsp3) is 0.263. The standard InChI is InChI=1S/C19H17ClF2N4O/c1-27-14-4-2-3-13(21)16(14)15-12(20)9-11-18(17(15)22)24-10-25-19(11)26-7-5-23-6-8-26/h2-4,9-10,23H,5-8H2,1H3. The lowest BCUT2D eigenvalue weighted by atomic mass is 10.0. The molecule has 0 saturated carbocycles. The SMILES string of the molecule is COc1cccc(F)c1-c1c(Cl)cc2c(N3CCNCC3)ncnc2c1F. The molecule has 2 aromatic carbocycles. The first kappa shape index (κ1) is 17.9. The molecule has 1 aliphatic heterocycles. The van der Waals surface area contributed by atoms with Gasteiger partial charge in [0.2, 0.25) is 0 Å². The van der Waals surface area contributed by atoms with Gasteiger partial charge in [0.1, 0.15) is 29.2 Å². The highest BCUT2D eigenvalue weighted by molar-refractivity contribution is 6.34. The molecule has 0 aliphatic carbocycles. The van der Waals surface area contributed by atoms with Crippen LogP contribution in [0.3, 0.4) is 0 Å². The van der Waals surface area contributed by atoms with Gasteiger partial charge >= 0.3 is 0 Å². The summed E-state index contributed by atoms with van der Waals surface area (Å²) in [4.78, 5) is 10.5. The summed E-state index contributed by atoms with van der Waals surface area (Å²) in [6.45, 7) is 3.11. The van der Waals surface area contributed by atoms with Crippen LogP contribution in [0.1, 0.15) is 0 Å². The van der Waals surface area contributed by atoms with Crippen LogP contribution in [-0.4, -0.2) is 43.3 Å². The lowest BCUT2D eigenvalue weighted by Gasteiger charge is -2.29. The van der Waals surface area contributed by atoms with Gasteiger partial charge in [-0.3, -0.25) is 0 Å². The fourth-order valence-corrected chi connectivity index (χ4v) is 3.68. The van der Waals surface area contributed by atoms with Crippen LogP contribution in [-0.2, 0) is 0 Å². The summed E-state index contributed by atoms with van der Waals surface area (Å²) in [5, 5.41) is 3.84. The number of ether oxygens (including phenoxy) is 1. The number of nitrogens with one attached hydrogen (secondary N) is 1. The molecule has 0 spiro atoms. The van der Waals surface area contributed by atoms with E-state index in [4.69, 9.17) is 16.3 Å². The molecule has 4 rings (SSSR count). The van der Waals surface area contributed by atoms with Crippen molar-refractivity contribution < 1.29 is 13.5 Å². The number of anilines is 1. The Morgan fingerprint density at radius 2 is 1.93 bits per heavy atom. The zero-order valence-electron chi connectivity index (χ0n) is 14.6. The normalized spacial score (nSPS) is 14.6. The van der Waals surface area contributed by atoms with Gasteiger partial charge in [0.15, 0.2) is 5.82 Å². The molecule has 0 atom stereocenters.